The Balaban J connectivity index is 1.51. The van der Waals surface area contributed by atoms with Gasteiger partial charge in [0.1, 0.15) is 18.9 Å². The number of benzene rings is 1. The normalized spacial score (nSPS) is 14.4. The number of pyridine rings is 1. The van der Waals surface area contributed by atoms with Gasteiger partial charge in [0.05, 0.1) is 5.69 Å². The van der Waals surface area contributed by atoms with Crippen LogP contribution >= 0.6 is 15.9 Å². The van der Waals surface area contributed by atoms with Crippen molar-refractivity contribution in [2.75, 3.05) is 13.2 Å². The highest BCUT2D eigenvalue weighted by Gasteiger charge is 2.14. The van der Waals surface area contributed by atoms with Crippen molar-refractivity contribution < 1.29 is 9.47 Å². The molecule has 1 atom stereocenters. The third-order valence-electron chi connectivity index (χ3n) is 4.33. The molecule has 2 aromatic heterocycles. The SMILES string of the molecule is C[C@H](NCc1cc(=O)n2cc(Br)ccc2n1)c1ccc2c(c1)OCCO2. The van der Waals surface area contributed by atoms with Crippen LogP contribution in [0.2, 0.25) is 0 Å². The predicted molar refractivity (Wildman–Crippen MR) is 102 cm³/mol. The van der Waals surface area contributed by atoms with E-state index in [1.807, 2.05) is 30.3 Å². The molecule has 1 aromatic carbocycles. The molecule has 0 saturated carbocycles. The van der Waals surface area contributed by atoms with Gasteiger partial charge in [0.2, 0.25) is 0 Å². The largest absolute Gasteiger partial charge is 0.486 e. The highest BCUT2D eigenvalue weighted by Crippen LogP contribution is 2.32. The second-order valence-corrected chi connectivity index (χ2v) is 7.08. The lowest BCUT2D eigenvalue weighted by atomic mass is 10.1. The van der Waals surface area contributed by atoms with E-state index < -0.39 is 0 Å². The maximum atomic E-state index is 12.3. The maximum absolute atomic E-state index is 12.3. The molecular weight excluding hydrogens is 398 g/mol. The molecule has 4 rings (SSSR count). The average Bonchev–Trinajstić information content (AvgIpc) is 2.66. The van der Waals surface area contributed by atoms with Crippen LogP contribution in [0.3, 0.4) is 0 Å². The molecule has 26 heavy (non-hydrogen) atoms. The number of hydrogen-bond acceptors (Lipinski definition) is 5. The summed E-state index contributed by atoms with van der Waals surface area (Å²) >= 11 is 3.37. The topological polar surface area (TPSA) is 64.9 Å². The summed E-state index contributed by atoms with van der Waals surface area (Å²) in [6, 6.07) is 11.3. The molecule has 7 heteroatoms. The summed E-state index contributed by atoms with van der Waals surface area (Å²) in [5, 5.41) is 3.41. The number of ether oxygens (including phenoxy) is 2. The summed E-state index contributed by atoms with van der Waals surface area (Å²) in [6.45, 7) is 3.72. The van der Waals surface area contributed by atoms with Gasteiger partial charge < -0.3 is 14.8 Å². The number of rotatable bonds is 4. The van der Waals surface area contributed by atoms with Gasteiger partial charge in [-0.1, -0.05) is 6.07 Å². The average molecular weight is 416 g/mol. The Kier molecular flexibility index (Phi) is 4.65. The Hall–Kier alpha value is -2.38. The van der Waals surface area contributed by atoms with Gasteiger partial charge in [0.25, 0.3) is 5.56 Å². The first kappa shape index (κ1) is 17.1. The van der Waals surface area contributed by atoms with E-state index in [1.54, 1.807) is 12.3 Å². The van der Waals surface area contributed by atoms with Crippen molar-refractivity contribution in [3.8, 4) is 11.5 Å². The summed E-state index contributed by atoms with van der Waals surface area (Å²) in [5.41, 5.74) is 2.34. The number of nitrogens with one attached hydrogen (secondary N) is 1. The molecule has 6 nitrogen and oxygen atoms in total. The highest BCUT2D eigenvalue weighted by atomic mass is 79.9. The van der Waals surface area contributed by atoms with Crippen LogP contribution in [0.4, 0.5) is 0 Å². The van der Waals surface area contributed by atoms with Gasteiger partial charge in [-0.05, 0) is 52.7 Å². The van der Waals surface area contributed by atoms with Crippen molar-refractivity contribution in [3.05, 3.63) is 68.7 Å². The zero-order valence-corrected chi connectivity index (χ0v) is 15.8. The number of halogens is 1. The lowest BCUT2D eigenvalue weighted by Gasteiger charge is -2.21. The fourth-order valence-electron chi connectivity index (χ4n) is 2.92. The Morgan fingerprint density at radius 2 is 2.00 bits per heavy atom. The Labute approximate surface area is 158 Å². The van der Waals surface area contributed by atoms with E-state index in [9.17, 15) is 4.79 Å². The standard InChI is InChI=1S/C19H18BrN3O3/c1-12(13-2-4-16-17(8-13)26-7-6-25-16)21-10-15-9-19(24)23-11-14(20)3-5-18(23)22-15/h2-5,8-9,11-12,21H,6-7,10H2,1H3/t12-/m0/s1. The van der Waals surface area contributed by atoms with Crippen LogP contribution in [-0.2, 0) is 6.54 Å². The van der Waals surface area contributed by atoms with E-state index >= 15 is 0 Å². The zero-order valence-electron chi connectivity index (χ0n) is 14.2. The summed E-state index contributed by atoms with van der Waals surface area (Å²) in [4.78, 5) is 16.8. The minimum absolute atomic E-state index is 0.0796. The quantitative estimate of drug-likeness (QED) is 0.709. The van der Waals surface area contributed by atoms with Crippen molar-refractivity contribution in [1.29, 1.82) is 0 Å². The molecule has 3 heterocycles. The van der Waals surface area contributed by atoms with Crippen LogP contribution < -0.4 is 20.3 Å². The summed E-state index contributed by atoms with van der Waals surface area (Å²) < 4.78 is 13.6. The summed E-state index contributed by atoms with van der Waals surface area (Å²) in [6.07, 6.45) is 1.72. The van der Waals surface area contributed by atoms with E-state index in [4.69, 9.17) is 9.47 Å². The van der Waals surface area contributed by atoms with Crippen LogP contribution in [0.15, 0.2) is 51.9 Å². The second kappa shape index (κ2) is 7.09. The monoisotopic (exact) mass is 415 g/mol. The number of nitrogens with zero attached hydrogens (tertiary/aromatic N) is 2. The highest BCUT2D eigenvalue weighted by molar-refractivity contribution is 9.10. The predicted octanol–water partition coefficient (Wildman–Crippen LogP) is 3.08. The van der Waals surface area contributed by atoms with Gasteiger partial charge in [0.15, 0.2) is 11.5 Å². The van der Waals surface area contributed by atoms with E-state index in [0.29, 0.717) is 31.1 Å². The van der Waals surface area contributed by atoms with Gasteiger partial charge >= 0.3 is 0 Å². The summed E-state index contributed by atoms with van der Waals surface area (Å²) in [7, 11) is 0. The van der Waals surface area contributed by atoms with E-state index in [0.717, 1.165) is 21.5 Å². The van der Waals surface area contributed by atoms with E-state index in [1.165, 1.54) is 4.40 Å². The number of hydrogen-bond donors (Lipinski definition) is 1. The molecule has 0 saturated heterocycles. The Morgan fingerprint density at radius 3 is 2.85 bits per heavy atom. The minimum atomic E-state index is -0.0971. The Bertz CT molecular complexity index is 1020. The van der Waals surface area contributed by atoms with Crippen LogP contribution in [0, 0.1) is 0 Å². The van der Waals surface area contributed by atoms with Gasteiger partial charge in [-0.2, -0.15) is 0 Å². The van der Waals surface area contributed by atoms with Crippen molar-refractivity contribution in [2.45, 2.75) is 19.5 Å². The number of aromatic nitrogens is 2. The molecule has 0 aliphatic carbocycles. The van der Waals surface area contributed by atoms with Crippen LogP contribution in [0.25, 0.3) is 5.65 Å². The molecule has 0 radical (unpaired) electrons. The third-order valence-corrected chi connectivity index (χ3v) is 4.80. The van der Waals surface area contributed by atoms with Gasteiger partial charge in [-0.25, -0.2) is 4.98 Å². The molecule has 1 N–H and O–H groups in total. The smallest absolute Gasteiger partial charge is 0.258 e. The van der Waals surface area contributed by atoms with Crippen molar-refractivity contribution in [1.82, 2.24) is 14.7 Å². The van der Waals surface area contributed by atoms with Crippen LogP contribution in [0.1, 0.15) is 24.2 Å². The second-order valence-electron chi connectivity index (χ2n) is 6.17. The first-order valence-electron chi connectivity index (χ1n) is 8.41. The molecular formula is C19H18BrN3O3. The molecule has 1 aliphatic heterocycles. The molecule has 134 valence electrons. The minimum Gasteiger partial charge on any atom is -0.486 e. The molecule has 0 unspecified atom stereocenters. The first-order chi connectivity index (χ1) is 12.6. The van der Waals surface area contributed by atoms with E-state index in [-0.39, 0.29) is 11.6 Å². The van der Waals surface area contributed by atoms with Gasteiger partial charge in [-0.3, -0.25) is 9.20 Å². The fourth-order valence-corrected chi connectivity index (χ4v) is 3.26. The van der Waals surface area contributed by atoms with Crippen molar-refractivity contribution in [3.63, 3.8) is 0 Å². The van der Waals surface area contributed by atoms with Crippen molar-refractivity contribution >= 4 is 21.6 Å². The Morgan fingerprint density at radius 1 is 1.19 bits per heavy atom. The summed E-state index contributed by atoms with van der Waals surface area (Å²) in [5.74, 6) is 1.55. The van der Waals surface area contributed by atoms with Gasteiger partial charge in [0, 0.05) is 29.3 Å². The van der Waals surface area contributed by atoms with Crippen LogP contribution in [0.5, 0.6) is 11.5 Å². The molecule has 0 bridgehead atoms. The molecule has 0 fully saturated rings. The van der Waals surface area contributed by atoms with Gasteiger partial charge in [-0.15, -0.1) is 0 Å². The molecule has 0 amide bonds. The fraction of sp³-hybridized carbons (Fsp3) is 0.263. The van der Waals surface area contributed by atoms with Crippen molar-refractivity contribution in [2.24, 2.45) is 0 Å². The van der Waals surface area contributed by atoms with Crippen LogP contribution in [-0.4, -0.2) is 22.6 Å². The maximum Gasteiger partial charge on any atom is 0.258 e. The van der Waals surface area contributed by atoms with E-state index in [2.05, 4.69) is 33.2 Å². The molecule has 1 aliphatic rings. The lowest BCUT2D eigenvalue weighted by Crippen LogP contribution is -2.22. The third kappa shape index (κ3) is 3.45. The number of fused-ring (bicyclic) bond motifs is 2. The molecule has 3 aromatic rings. The molecule has 0 spiro atoms. The first-order valence-corrected chi connectivity index (χ1v) is 9.20. The lowest BCUT2D eigenvalue weighted by molar-refractivity contribution is 0.171. The zero-order chi connectivity index (χ0) is 18.1.